The van der Waals surface area contributed by atoms with Crippen LogP contribution in [0.5, 0.6) is 0 Å². The lowest BCUT2D eigenvalue weighted by Crippen LogP contribution is -1.90. The lowest BCUT2D eigenvalue weighted by atomic mass is 10.1. The molecule has 0 spiro atoms. The van der Waals surface area contributed by atoms with E-state index in [-0.39, 0.29) is 0 Å². The second-order valence-electron chi connectivity index (χ2n) is 3.98. The molecule has 18 heavy (non-hydrogen) atoms. The first kappa shape index (κ1) is 9.29. The molecular weight excluding hydrogens is 228 g/mol. The van der Waals surface area contributed by atoms with Crippen molar-refractivity contribution in [2.45, 2.75) is 0 Å². The van der Waals surface area contributed by atoms with Gasteiger partial charge in [-0.2, -0.15) is 0 Å². The van der Waals surface area contributed by atoms with Crippen molar-refractivity contribution in [3.63, 3.8) is 0 Å². The number of fused-ring (bicyclic) bond motifs is 2. The van der Waals surface area contributed by atoms with Crippen LogP contribution < -0.4 is 0 Å². The molecule has 0 amide bonds. The summed E-state index contributed by atoms with van der Waals surface area (Å²) >= 11 is 0. The number of nitrogens with one attached hydrogen (secondary N) is 1. The SMILES string of the molecule is c1cc(-c2cnc3nncn3c2)c2cc[nH]c2n1. The molecule has 0 radical (unpaired) electrons. The fraction of sp³-hybridized carbons (Fsp3) is 0. The zero-order valence-electron chi connectivity index (χ0n) is 9.28. The average molecular weight is 236 g/mol. The van der Waals surface area contributed by atoms with Gasteiger partial charge in [-0.15, -0.1) is 10.2 Å². The van der Waals surface area contributed by atoms with Crippen molar-refractivity contribution in [1.29, 1.82) is 0 Å². The van der Waals surface area contributed by atoms with Crippen LogP contribution in [-0.2, 0) is 0 Å². The van der Waals surface area contributed by atoms with E-state index < -0.39 is 0 Å². The summed E-state index contributed by atoms with van der Waals surface area (Å²) in [5.41, 5.74) is 2.97. The van der Waals surface area contributed by atoms with Gasteiger partial charge < -0.3 is 4.98 Å². The van der Waals surface area contributed by atoms with Gasteiger partial charge in [0.15, 0.2) is 0 Å². The van der Waals surface area contributed by atoms with Gasteiger partial charge >= 0.3 is 0 Å². The molecule has 0 saturated heterocycles. The number of H-pyrrole nitrogens is 1. The molecule has 0 atom stereocenters. The average Bonchev–Trinajstić information content (AvgIpc) is 3.05. The van der Waals surface area contributed by atoms with Crippen LogP contribution >= 0.6 is 0 Å². The Morgan fingerprint density at radius 1 is 1.17 bits per heavy atom. The summed E-state index contributed by atoms with van der Waals surface area (Å²) in [7, 11) is 0. The summed E-state index contributed by atoms with van der Waals surface area (Å²) in [6.45, 7) is 0. The molecule has 4 aromatic heterocycles. The van der Waals surface area contributed by atoms with Crippen LogP contribution in [0.15, 0.2) is 43.2 Å². The summed E-state index contributed by atoms with van der Waals surface area (Å²) in [5.74, 6) is 0.595. The second-order valence-corrected chi connectivity index (χ2v) is 3.98. The molecule has 0 unspecified atom stereocenters. The molecule has 0 aliphatic heterocycles. The van der Waals surface area contributed by atoms with E-state index in [1.165, 1.54) is 0 Å². The predicted molar refractivity (Wildman–Crippen MR) is 65.9 cm³/mol. The summed E-state index contributed by atoms with van der Waals surface area (Å²) in [6.07, 6.45) is 9.06. The molecule has 0 saturated carbocycles. The van der Waals surface area contributed by atoms with Crippen LogP contribution in [-0.4, -0.2) is 29.5 Å². The van der Waals surface area contributed by atoms with Gasteiger partial charge in [-0.3, -0.25) is 4.40 Å². The quantitative estimate of drug-likeness (QED) is 0.545. The van der Waals surface area contributed by atoms with Crippen molar-refractivity contribution in [1.82, 2.24) is 29.5 Å². The van der Waals surface area contributed by atoms with E-state index in [0.717, 1.165) is 22.2 Å². The van der Waals surface area contributed by atoms with E-state index >= 15 is 0 Å². The molecule has 0 aliphatic rings. The Morgan fingerprint density at radius 3 is 3.17 bits per heavy atom. The smallest absolute Gasteiger partial charge is 0.254 e. The van der Waals surface area contributed by atoms with Crippen molar-refractivity contribution < 1.29 is 0 Å². The van der Waals surface area contributed by atoms with Gasteiger partial charge in [0.2, 0.25) is 0 Å². The first-order chi connectivity index (χ1) is 8.92. The molecule has 0 aromatic carbocycles. The number of rotatable bonds is 1. The maximum Gasteiger partial charge on any atom is 0.254 e. The summed E-state index contributed by atoms with van der Waals surface area (Å²) in [5, 5.41) is 8.79. The highest BCUT2D eigenvalue weighted by Gasteiger charge is 2.07. The van der Waals surface area contributed by atoms with Crippen molar-refractivity contribution in [2.24, 2.45) is 0 Å². The van der Waals surface area contributed by atoms with E-state index in [9.17, 15) is 0 Å². The normalized spacial score (nSPS) is 11.3. The molecule has 4 aromatic rings. The van der Waals surface area contributed by atoms with Crippen LogP contribution in [0.1, 0.15) is 0 Å². The van der Waals surface area contributed by atoms with E-state index in [1.807, 2.05) is 24.5 Å². The molecule has 6 nitrogen and oxygen atoms in total. The minimum absolute atomic E-state index is 0.595. The fourth-order valence-electron chi connectivity index (χ4n) is 2.08. The molecule has 4 heterocycles. The zero-order chi connectivity index (χ0) is 11.9. The summed E-state index contributed by atoms with van der Waals surface area (Å²) < 4.78 is 1.80. The summed E-state index contributed by atoms with van der Waals surface area (Å²) in [6, 6.07) is 3.98. The van der Waals surface area contributed by atoms with E-state index in [4.69, 9.17) is 0 Å². The molecule has 86 valence electrons. The van der Waals surface area contributed by atoms with Crippen LogP contribution in [0.2, 0.25) is 0 Å². The van der Waals surface area contributed by atoms with Crippen molar-refractivity contribution in [3.8, 4) is 11.1 Å². The van der Waals surface area contributed by atoms with Gasteiger partial charge in [0, 0.05) is 35.7 Å². The highest BCUT2D eigenvalue weighted by molar-refractivity contribution is 5.92. The number of aromatic nitrogens is 6. The lowest BCUT2D eigenvalue weighted by molar-refractivity contribution is 1.10. The largest absolute Gasteiger partial charge is 0.346 e. The number of hydrogen-bond acceptors (Lipinski definition) is 4. The van der Waals surface area contributed by atoms with Gasteiger partial charge in [0.25, 0.3) is 5.78 Å². The van der Waals surface area contributed by atoms with E-state index in [2.05, 4.69) is 25.1 Å². The Morgan fingerprint density at radius 2 is 2.17 bits per heavy atom. The molecule has 1 N–H and O–H groups in total. The Labute approximate surface area is 101 Å². The molecule has 4 rings (SSSR count). The zero-order valence-corrected chi connectivity index (χ0v) is 9.28. The molecule has 6 heteroatoms. The van der Waals surface area contributed by atoms with E-state index in [1.54, 1.807) is 23.1 Å². The fourth-order valence-corrected chi connectivity index (χ4v) is 2.08. The number of pyridine rings is 1. The van der Waals surface area contributed by atoms with Gasteiger partial charge in [0.1, 0.15) is 12.0 Å². The molecular formula is C12H8N6. The van der Waals surface area contributed by atoms with Gasteiger partial charge in [0.05, 0.1) is 0 Å². The van der Waals surface area contributed by atoms with Crippen LogP contribution in [0.3, 0.4) is 0 Å². The third-order valence-electron chi connectivity index (χ3n) is 2.92. The van der Waals surface area contributed by atoms with Crippen LogP contribution in [0.4, 0.5) is 0 Å². The monoisotopic (exact) mass is 236 g/mol. The van der Waals surface area contributed by atoms with Crippen molar-refractivity contribution >= 4 is 16.8 Å². The Bertz CT molecular complexity index is 844. The second kappa shape index (κ2) is 3.36. The molecule has 0 bridgehead atoms. The summed E-state index contributed by atoms with van der Waals surface area (Å²) in [4.78, 5) is 11.6. The standard InChI is InChI=1S/C12H8N6/c1-3-13-11-10(2-4-14-11)9(1)8-5-15-12-17-16-7-18(12)6-8/h1-7H,(H,13,14). The Balaban J connectivity index is 2.03. The Kier molecular flexibility index (Phi) is 1.74. The van der Waals surface area contributed by atoms with E-state index in [0.29, 0.717) is 5.78 Å². The van der Waals surface area contributed by atoms with Crippen LogP contribution in [0, 0.1) is 0 Å². The highest BCUT2D eigenvalue weighted by Crippen LogP contribution is 2.26. The highest BCUT2D eigenvalue weighted by atomic mass is 15.3. The van der Waals surface area contributed by atoms with Crippen LogP contribution in [0.25, 0.3) is 27.9 Å². The maximum atomic E-state index is 4.27. The van der Waals surface area contributed by atoms with Gasteiger partial charge in [-0.25, -0.2) is 9.97 Å². The predicted octanol–water partition coefficient (Wildman–Crippen LogP) is 1.67. The van der Waals surface area contributed by atoms with Gasteiger partial charge in [-0.05, 0) is 17.7 Å². The number of nitrogens with zero attached hydrogens (tertiary/aromatic N) is 5. The maximum absolute atomic E-state index is 4.27. The third kappa shape index (κ3) is 1.22. The lowest BCUT2D eigenvalue weighted by Gasteiger charge is -2.03. The Hall–Kier alpha value is -2.76. The number of aromatic amines is 1. The van der Waals surface area contributed by atoms with Crippen molar-refractivity contribution in [2.75, 3.05) is 0 Å². The first-order valence-electron chi connectivity index (χ1n) is 5.50. The van der Waals surface area contributed by atoms with Crippen molar-refractivity contribution in [3.05, 3.63) is 43.2 Å². The minimum atomic E-state index is 0.595. The number of hydrogen-bond donors (Lipinski definition) is 1. The molecule has 0 fully saturated rings. The topological polar surface area (TPSA) is 71.8 Å². The first-order valence-corrected chi connectivity index (χ1v) is 5.50. The van der Waals surface area contributed by atoms with Gasteiger partial charge in [-0.1, -0.05) is 0 Å². The minimum Gasteiger partial charge on any atom is -0.346 e. The third-order valence-corrected chi connectivity index (χ3v) is 2.92. The molecule has 0 aliphatic carbocycles.